The lowest BCUT2D eigenvalue weighted by atomic mass is 9.82. The zero-order valence-corrected chi connectivity index (χ0v) is 11.8. The van der Waals surface area contributed by atoms with Crippen LogP contribution in [0.1, 0.15) is 51.9 Å². The van der Waals surface area contributed by atoms with E-state index in [4.69, 9.17) is 0 Å². The first-order valence-corrected chi connectivity index (χ1v) is 7.71. The van der Waals surface area contributed by atoms with Crippen LogP contribution in [0.5, 0.6) is 0 Å². The van der Waals surface area contributed by atoms with Gasteiger partial charge in [0.25, 0.3) is 0 Å². The molecule has 2 nitrogen and oxygen atoms in total. The van der Waals surface area contributed by atoms with Crippen molar-refractivity contribution in [3.8, 4) is 0 Å². The van der Waals surface area contributed by atoms with Gasteiger partial charge in [0.15, 0.2) is 0 Å². The number of rotatable bonds is 4. The van der Waals surface area contributed by atoms with Gasteiger partial charge in [0.1, 0.15) is 0 Å². The Morgan fingerprint density at radius 3 is 2.71 bits per heavy atom. The van der Waals surface area contributed by atoms with Crippen molar-refractivity contribution in [1.82, 2.24) is 10.2 Å². The van der Waals surface area contributed by atoms with E-state index in [1.165, 1.54) is 64.6 Å². The summed E-state index contributed by atoms with van der Waals surface area (Å²) in [6.07, 6.45) is 9.97. The van der Waals surface area contributed by atoms with E-state index in [2.05, 4.69) is 24.2 Å². The first-order chi connectivity index (χ1) is 8.29. The third-order valence-corrected chi connectivity index (χ3v) is 4.82. The summed E-state index contributed by atoms with van der Waals surface area (Å²) in [6.45, 7) is 6.22. The second kappa shape index (κ2) is 6.75. The van der Waals surface area contributed by atoms with Gasteiger partial charge >= 0.3 is 0 Å². The Hall–Kier alpha value is -0.0800. The van der Waals surface area contributed by atoms with E-state index < -0.39 is 0 Å². The fraction of sp³-hybridized carbons (Fsp3) is 1.00. The molecule has 100 valence electrons. The van der Waals surface area contributed by atoms with E-state index in [1.54, 1.807) is 0 Å². The van der Waals surface area contributed by atoms with Crippen molar-refractivity contribution in [3.05, 3.63) is 0 Å². The third kappa shape index (κ3) is 3.96. The van der Waals surface area contributed by atoms with Gasteiger partial charge in [-0.3, -0.25) is 0 Å². The maximum absolute atomic E-state index is 3.89. The molecule has 2 fully saturated rings. The van der Waals surface area contributed by atoms with Crippen LogP contribution >= 0.6 is 0 Å². The second-order valence-electron chi connectivity index (χ2n) is 6.24. The van der Waals surface area contributed by atoms with Crippen LogP contribution in [0, 0.1) is 11.8 Å². The summed E-state index contributed by atoms with van der Waals surface area (Å²) in [5.41, 5.74) is 0. The number of hydrogen-bond donors (Lipinski definition) is 1. The van der Waals surface area contributed by atoms with E-state index in [9.17, 15) is 0 Å². The highest BCUT2D eigenvalue weighted by Gasteiger charge is 2.24. The highest BCUT2D eigenvalue weighted by molar-refractivity contribution is 4.82. The largest absolute Gasteiger partial charge is 0.313 e. The molecule has 1 aliphatic carbocycles. The van der Waals surface area contributed by atoms with E-state index in [0.29, 0.717) is 0 Å². The van der Waals surface area contributed by atoms with Crippen LogP contribution in [0.25, 0.3) is 0 Å². The lowest BCUT2D eigenvalue weighted by Gasteiger charge is -2.35. The van der Waals surface area contributed by atoms with Crippen molar-refractivity contribution < 1.29 is 0 Å². The smallest absolute Gasteiger partial charge is 0.00953 e. The van der Waals surface area contributed by atoms with Crippen LogP contribution in [0.2, 0.25) is 0 Å². The van der Waals surface area contributed by atoms with Gasteiger partial charge in [-0.05, 0) is 57.7 Å². The van der Waals surface area contributed by atoms with Gasteiger partial charge in [-0.15, -0.1) is 0 Å². The van der Waals surface area contributed by atoms with Gasteiger partial charge in [0, 0.05) is 12.6 Å². The molecule has 2 aliphatic rings. The van der Waals surface area contributed by atoms with Crippen molar-refractivity contribution >= 4 is 0 Å². The zero-order chi connectivity index (χ0) is 12.1. The van der Waals surface area contributed by atoms with Gasteiger partial charge in [0.05, 0.1) is 0 Å². The predicted molar refractivity (Wildman–Crippen MR) is 74.3 cm³/mol. The van der Waals surface area contributed by atoms with Gasteiger partial charge in [-0.1, -0.05) is 26.2 Å². The molecule has 2 heteroatoms. The average molecular weight is 238 g/mol. The Kier molecular flexibility index (Phi) is 5.30. The van der Waals surface area contributed by atoms with E-state index >= 15 is 0 Å². The standard InChI is InChI=1S/C15H30N2/c1-3-14-8-4-5-9-15(14)16-11-13-7-6-10-17(2)12-13/h13-16H,3-12H2,1-2H3. The molecule has 1 saturated heterocycles. The Morgan fingerprint density at radius 2 is 1.94 bits per heavy atom. The first-order valence-electron chi connectivity index (χ1n) is 7.71. The van der Waals surface area contributed by atoms with Crippen LogP contribution < -0.4 is 5.32 Å². The Bertz CT molecular complexity index is 217. The number of nitrogens with one attached hydrogen (secondary N) is 1. The van der Waals surface area contributed by atoms with Gasteiger partial charge < -0.3 is 10.2 Å². The lowest BCUT2D eigenvalue weighted by Crippen LogP contribution is -2.44. The molecule has 1 aliphatic heterocycles. The van der Waals surface area contributed by atoms with E-state index in [1.807, 2.05) is 0 Å². The van der Waals surface area contributed by atoms with Gasteiger partial charge in [-0.25, -0.2) is 0 Å². The van der Waals surface area contributed by atoms with Crippen LogP contribution in [0.4, 0.5) is 0 Å². The maximum Gasteiger partial charge on any atom is 0.00953 e. The Morgan fingerprint density at radius 1 is 1.12 bits per heavy atom. The zero-order valence-electron chi connectivity index (χ0n) is 11.8. The molecule has 0 amide bonds. The first kappa shape index (κ1) is 13.4. The van der Waals surface area contributed by atoms with Gasteiger partial charge in [-0.2, -0.15) is 0 Å². The summed E-state index contributed by atoms with van der Waals surface area (Å²) in [4.78, 5) is 2.49. The van der Waals surface area contributed by atoms with Crippen molar-refractivity contribution in [2.24, 2.45) is 11.8 Å². The number of piperidine rings is 1. The number of nitrogens with zero attached hydrogens (tertiary/aromatic N) is 1. The monoisotopic (exact) mass is 238 g/mol. The molecule has 3 atom stereocenters. The molecule has 1 N–H and O–H groups in total. The van der Waals surface area contributed by atoms with Crippen LogP contribution in [0.3, 0.4) is 0 Å². The molecular weight excluding hydrogens is 208 g/mol. The molecule has 0 radical (unpaired) electrons. The van der Waals surface area contributed by atoms with Crippen molar-refractivity contribution in [2.45, 2.75) is 57.9 Å². The fourth-order valence-electron chi connectivity index (χ4n) is 3.72. The second-order valence-corrected chi connectivity index (χ2v) is 6.24. The van der Waals surface area contributed by atoms with Crippen LogP contribution in [0.15, 0.2) is 0 Å². The Labute approximate surface area is 107 Å². The predicted octanol–water partition coefficient (Wildman–Crippen LogP) is 2.89. The molecule has 0 aromatic rings. The number of hydrogen-bond acceptors (Lipinski definition) is 2. The van der Waals surface area contributed by atoms with Gasteiger partial charge in [0.2, 0.25) is 0 Å². The fourth-order valence-corrected chi connectivity index (χ4v) is 3.72. The van der Waals surface area contributed by atoms with Crippen molar-refractivity contribution in [2.75, 3.05) is 26.7 Å². The summed E-state index contributed by atoms with van der Waals surface area (Å²) < 4.78 is 0. The summed E-state index contributed by atoms with van der Waals surface area (Å²) in [7, 11) is 2.27. The molecule has 3 unspecified atom stereocenters. The summed E-state index contributed by atoms with van der Waals surface area (Å²) in [5, 5.41) is 3.89. The van der Waals surface area contributed by atoms with E-state index in [-0.39, 0.29) is 0 Å². The maximum atomic E-state index is 3.89. The summed E-state index contributed by atoms with van der Waals surface area (Å²) >= 11 is 0. The van der Waals surface area contributed by atoms with Crippen molar-refractivity contribution in [3.63, 3.8) is 0 Å². The molecule has 2 rings (SSSR count). The molecule has 1 saturated carbocycles. The average Bonchev–Trinajstić information content (AvgIpc) is 2.37. The minimum absolute atomic E-state index is 0.820. The molecular formula is C15H30N2. The van der Waals surface area contributed by atoms with E-state index in [0.717, 1.165) is 17.9 Å². The molecule has 0 aromatic heterocycles. The molecule has 17 heavy (non-hydrogen) atoms. The molecule has 0 aromatic carbocycles. The minimum atomic E-state index is 0.820. The normalized spacial score (nSPS) is 36.0. The quantitative estimate of drug-likeness (QED) is 0.810. The summed E-state index contributed by atoms with van der Waals surface area (Å²) in [5.74, 6) is 1.85. The minimum Gasteiger partial charge on any atom is -0.313 e. The third-order valence-electron chi connectivity index (χ3n) is 4.82. The van der Waals surface area contributed by atoms with Crippen molar-refractivity contribution in [1.29, 1.82) is 0 Å². The summed E-state index contributed by atoms with van der Waals surface area (Å²) in [6, 6.07) is 0.820. The lowest BCUT2D eigenvalue weighted by molar-refractivity contribution is 0.186. The SMILES string of the molecule is CCC1CCCCC1NCC1CCCN(C)C1. The molecule has 0 spiro atoms. The van der Waals surface area contributed by atoms with Crippen LogP contribution in [-0.4, -0.2) is 37.6 Å². The topological polar surface area (TPSA) is 15.3 Å². The highest BCUT2D eigenvalue weighted by atomic mass is 15.1. The molecule has 1 heterocycles. The Balaban J connectivity index is 1.72. The molecule has 0 bridgehead atoms. The van der Waals surface area contributed by atoms with Crippen LogP contribution in [-0.2, 0) is 0 Å². The number of likely N-dealkylation sites (tertiary alicyclic amines) is 1. The highest BCUT2D eigenvalue weighted by Crippen LogP contribution is 2.27.